The summed E-state index contributed by atoms with van der Waals surface area (Å²) in [5, 5.41) is 13.2. The molecular weight excluding hydrogens is 314 g/mol. The number of ether oxygens (including phenoxy) is 1. The lowest BCUT2D eigenvalue weighted by Gasteiger charge is -2.18. The molecule has 4 nitrogen and oxygen atoms in total. The normalized spacial score (nSPS) is 12.2. The van der Waals surface area contributed by atoms with Crippen LogP contribution in [-0.4, -0.2) is 36.2 Å². The Hall–Kier alpha value is -2.17. The van der Waals surface area contributed by atoms with Gasteiger partial charge in [0.15, 0.2) is 5.78 Å². The number of carbonyl (C=O) groups excluding carboxylic acids is 1. The maximum Gasteiger partial charge on any atom is 0.197 e. The highest BCUT2D eigenvalue weighted by Gasteiger charge is 2.19. The van der Waals surface area contributed by atoms with Crippen LogP contribution in [0.3, 0.4) is 0 Å². The maximum atomic E-state index is 12.9. The molecule has 0 aliphatic rings. The first-order chi connectivity index (χ1) is 11.9. The van der Waals surface area contributed by atoms with Crippen LogP contribution >= 0.6 is 0 Å². The van der Waals surface area contributed by atoms with E-state index in [-0.39, 0.29) is 12.4 Å². The molecule has 0 aromatic heterocycles. The lowest BCUT2D eigenvalue weighted by molar-refractivity contribution is 0.0981. The van der Waals surface area contributed by atoms with Crippen molar-refractivity contribution in [1.29, 1.82) is 0 Å². The standard InChI is InChI=1S/C21H27NO3/c1-14(2)22-12-18(23)13-25-19-11-15(3)10-16(4)20(19)21(24)17-8-6-5-7-9-17/h5-11,14,18,22-23H,12-13H2,1-4H3/t18-/m0/s1. The fraction of sp³-hybridized carbons (Fsp3) is 0.381. The lowest BCUT2D eigenvalue weighted by Crippen LogP contribution is -2.35. The zero-order valence-corrected chi connectivity index (χ0v) is 15.4. The molecule has 0 unspecified atom stereocenters. The van der Waals surface area contributed by atoms with Crippen molar-refractivity contribution < 1.29 is 14.6 Å². The number of hydrogen-bond donors (Lipinski definition) is 2. The highest BCUT2D eigenvalue weighted by molar-refractivity contribution is 6.11. The molecule has 1 atom stereocenters. The smallest absolute Gasteiger partial charge is 0.197 e. The molecule has 0 amide bonds. The number of rotatable bonds is 8. The average Bonchev–Trinajstić information content (AvgIpc) is 2.58. The lowest BCUT2D eigenvalue weighted by atomic mass is 9.96. The van der Waals surface area contributed by atoms with Crippen molar-refractivity contribution in [3.8, 4) is 5.75 Å². The van der Waals surface area contributed by atoms with Gasteiger partial charge >= 0.3 is 0 Å². The molecule has 0 fully saturated rings. The van der Waals surface area contributed by atoms with Crippen molar-refractivity contribution in [2.24, 2.45) is 0 Å². The molecule has 2 rings (SSSR count). The van der Waals surface area contributed by atoms with Crippen molar-refractivity contribution in [2.45, 2.75) is 39.8 Å². The van der Waals surface area contributed by atoms with E-state index in [2.05, 4.69) is 5.32 Å². The fourth-order valence-electron chi connectivity index (χ4n) is 2.68. The molecule has 25 heavy (non-hydrogen) atoms. The van der Waals surface area contributed by atoms with Gasteiger partial charge in [0.1, 0.15) is 18.5 Å². The minimum absolute atomic E-state index is 0.0668. The number of ketones is 1. The molecule has 2 aromatic carbocycles. The molecule has 2 N–H and O–H groups in total. The number of aliphatic hydroxyl groups excluding tert-OH is 1. The molecule has 134 valence electrons. The van der Waals surface area contributed by atoms with Crippen LogP contribution in [0, 0.1) is 13.8 Å². The first-order valence-corrected chi connectivity index (χ1v) is 8.63. The summed E-state index contributed by atoms with van der Waals surface area (Å²) in [5.74, 6) is 0.456. The second kappa shape index (κ2) is 8.79. The Kier molecular flexibility index (Phi) is 6.73. The van der Waals surface area contributed by atoms with Crippen molar-refractivity contribution in [3.63, 3.8) is 0 Å². The first kappa shape index (κ1) is 19.2. The highest BCUT2D eigenvalue weighted by Crippen LogP contribution is 2.27. The van der Waals surface area contributed by atoms with Gasteiger partial charge in [-0.15, -0.1) is 0 Å². The summed E-state index contributed by atoms with van der Waals surface area (Å²) < 4.78 is 5.82. The van der Waals surface area contributed by atoms with Gasteiger partial charge in [-0.1, -0.05) is 50.2 Å². The third kappa shape index (κ3) is 5.41. The molecule has 0 saturated carbocycles. The SMILES string of the molecule is Cc1cc(C)c(C(=O)c2ccccc2)c(OC[C@@H](O)CNC(C)C)c1. The van der Waals surface area contributed by atoms with E-state index in [0.29, 0.717) is 29.5 Å². The van der Waals surface area contributed by atoms with Gasteiger partial charge in [0.05, 0.1) is 5.56 Å². The Balaban J connectivity index is 2.21. The summed E-state index contributed by atoms with van der Waals surface area (Å²) in [6.07, 6.45) is -0.636. The number of nitrogens with one attached hydrogen (secondary N) is 1. The van der Waals surface area contributed by atoms with E-state index in [1.165, 1.54) is 0 Å². The monoisotopic (exact) mass is 341 g/mol. The predicted molar refractivity (Wildman–Crippen MR) is 100 cm³/mol. The van der Waals surface area contributed by atoms with Gasteiger partial charge in [0.25, 0.3) is 0 Å². The Morgan fingerprint density at radius 1 is 1.16 bits per heavy atom. The second-order valence-electron chi connectivity index (χ2n) is 6.68. The largest absolute Gasteiger partial charge is 0.490 e. The summed E-state index contributed by atoms with van der Waals surface area (Å²) >= 11 is 0. The number of benzene rings is 2. The highest BCUT2D eigenvalue weighted by atomic mass is 16.5. The Bertz CT molecular complexity index is 711. The van der Waals surface area contributed by atoms with Crippen LogP contribution in [0.5, 0.6) is 5.75 Å². The van der Waals surface area contributed by atoms with Crippen molar-refractivity contribution in [2.75, 3.05) is 13.2 Å². The third-order valence-corrected chi connectivity index (χ3v) is 3.90. The van der Waals surface area contributed by atoms with Crippen LogP contribution in [0.1, 0.15) is 40.9 Å². The van der Waals surface area contributed by atoms with E-state index < -0.39 is 6.10 Å². The third-order valence-electron chi connectivity index (χ3n) is 3.90. The van der Waals surface area contributed by atoms with Crippen molar-refractivity contribution >= 4 is 5.78 Å². The summed E-state index contributed by atoms with van der Waals surface area (Å²) in [5.41, 5.74) is 3.08. The molecule has 0 spiro atoms. The van der Waals surface area contributed by atoms with Gasteiger partial charge in [-0.05, 0) is 31.0 Å². The zero-order valence-electron chi connectivity index (χ0n) is 15.4. The Labute approximate surface area is 149 Å². The van der Waals surface area contributed by atoms with Gasteiger partial charge in [-0.3, -0.25) is 4.79 Å². The van der Waals surface area contributed by atoms with E-state index in [9.17, 15) is 9.90 Å². The quantitative estimate of drug-likeness (QED) is 0.724. The molecule has 0 bridgehead atoms. The Morgan fingerprint density at radius 3 is 2.48 bits per heavy atom. The van der Waals surface area contributed by atoms with E-state index in [1.807, 2.05) is 58.0 Å². The summed E-state index contributed by atoms with van der Waals surface area (Å²) in [7, 11) is 0. The summed E-state index contributed by atoms with van der Waals surface area (Å²) in [4.78, 5) is 12.9. The minimum Gasteiger partial charge on any atom is -0.490 e. The predicted octanol–water partition coefficient (Wildman–Crippen LogP) is 3.27. The molecule has 4 heteroatoms. The molecule has 0 saturated heterocycles. The fourth-order valence-corrected chi connectivity index (χ4v) is 2.68. The molecule has 2 aromatic rings. The Morgan fingerprint density at radius 2 is 1.84 bits per heavy atom. The van der Waals surface area contributed by atoms with Crippen LogP contribution in [0.15, 0.2) is 42.5 Å². The minimum atomic E-state index is -0.636. The van der Waals surface area contributed by atoms with Crippen LogP contribution < -0.4 is 10.1 Å². The molecule has 0 aliphatic heterocycles. The summed E-state index contributed by atoms with van der Waals surface area (Å²) in [6.45, 7) is 8.50. The second-order valence-corrected chi connectivity index (χ2v) is 6.68. The maximum absolute atomic E-state index is 12.9. The van der Waals surface area contributed by atoms with Crippen molar-refractivity contribution in [1.82, 2.24) is 5.32 Å². The van der Waals surface area contributed by atoms with Crippen molar-refractivity contribution in [3.05, 3.63) is 64.7 Å². The van der Waals surface area contributed by atoms with Crippen LogP contribution in [0.2, 0.25) is 0 Å². The molecule has 0 radical (unpaired) electrons. The van der Waals surface area contributed by atoms with Gasteiger partial charge in [-0.2, -0.15) is 0 Å². The van der Waals surface area contributed by atoms with Gasteiger partial charge in [-0.25, -0.2) is 0 Å². The van der Waals surface area contributed by atoms with Gasteiger partial charge < -0.3 is 15.2 Å². The number of carbonyl (C=O) groups is 1. The molecular formula is C21H27NO3. The molecule has 0 heterocycles. The van der Waals surface area contributed by atoms with Crippen LogP contribution in [0.4, 0.5) is 0 Å². The number of aliphatic hydroxyl groups is 1. The summed E-state index contributed by atoms with van der Waals surface area (Å²) in [6, 6.07) is 13.3. The van der Waals surface area contributed by atoms with Gasteiger partial charge in [0, 0.05) is 18.2 Å². The van der Waals surface area contributed by atoms with E-state index >= 15 is 0 Å². The average molecular weight is 341 g/mol. The van der Waals surface area contributed by atoms with Crippen LogP contribution in [-0.2, 0) is 0 Å². The first-order valence-electron chi connectivity index (χ1n) is 8.63. The van der Waals surface area contributed by atoms with Crippen LogP contribution in [0.25, 0.3) is 0 Å². The van der Waals surface area contributed by atoms with E-state index in [4.69, 9.17) is 4.74 Å². The van der Waals surface area contributed by atoms with E-state index in [0.717, 1.165) is 11.1 Å². The topological polar surface area (TPSA) is 58.6 Å². The number of aryl methyl sites for hydroxylation is 2. The number of hydrogen-bond acceptors (Lipinski definition) is 4. The zero-order chi connectivity index (χ0) is 18.4. The van der Waals surface area contributed by atoms with E-state index in [1.54, 1.807) is 12.1 Å². The van der Waals surface area contributed by atoms with Gasteiger partial charge in [0.2, 0.25) is 0 Å². The molecule has 0 aliphatic carbocycles.